The van der Waals surface area contributed by atoms with E-state index in [-0.39, 0.29) is 6.61 Å². The van der Waals surface area contributed by atoms with Crippen molar-refractivity contribution < 1.29 is 62.2 Å². The molecule has 1 aliphatic rings. The van der Waals surface area contributed by atoms with Crippen LogP contribution in [0.15, 0.2) is 12.7 Å². The predicted octanol–water partition coefficient (Wildman–Crippen LogP) is -0.824. The number of aliphatic hydroxyl groups is 1. The average Bonchev–Trinajstić information content (AvgIpc) is 2.72. The van der Waals surface area contributed by atoms with Crippen molar-refractivity contribution in [3.8, 4) is 0 Å². The number of ether oxygens (including phenoxy) is 7. The summed E-state index contributed by atoms with van der Waals surface area (Å²) in [5.74, 6) is -7.40. The summed E-state index contributed by atoms with van der Waals surface area (Å²) in [7, 11) is 0.985. The molecule has 6 atom stereocenters. The molecule has 13 heteroatoms. The Balaban J connectivity index is 3.83. The smallest absolute Gasteiger partial charge is 0.370 e. The van der Waals surface area contributed by atoms with Gasteiger partial charge in [-0.1, -0.05) is 6.08 Å². The van der Waals surface area contributed by atoms with Crippen molar-refractivity contribution in [3.05, 3.63) is 12.7 Å². The molecule has 0 aromatic carbocycles. The monoisotopic (exact) mass is 476 g/mol. The number of hydrogen-bond donors (Lipinski definition) is 1. The van der Waals surface area contributed by atoms with E-state index < -0.39 is 72.8 Å². The Kier molecular flexibility index (Phi) is 10.4. The van der Waals surface area contributed by atoms with Gasteiger partial charge in [0.05, 0.1) is 20.3 Å². The average molecular weight is 476 g/mol. The minimum atomic E-state index is -2.59. The van der Waals surface area contributed by atoms with Crippen molar-refractivity contribution in [3.63, 3.8) is 0 Å². The lowest BCUT2D eigenvalue weighted by Gasteiger charge is -2.50. The van der Waals surface area contributed by atoms with E-state index >= 15 is 0 Å². The van der Waals surface area contributed by atoms with Crippen molar-refractivity contribution in [1.29, 1.82) is 0 Å². The van der Waals surface area contributed by atoms with Gasteiger partial charge in [0.2, 0.25) is 6.10 Å². The van der Waals surface area contributed by atoms with Gasteiger partial charge in [0.15, 0.2) is 18.3 Å². The van der Waals surface area contributed by atoms with Gasteiger partial charge in [-0.2, -0.15) is 0 Å². The van der Waals surface area contributed by atoms with Gasteiger partial charge in [0, 0.05) is 27.7 Å². The maximum Gasteiger partial charge on any atom is 0.370 e. The van der Waals surface area contributed by atoms with Gasteiger partial charge in [-0.3, -0.25) is 19.2 Å². The molecular weight excluding hydrogens is 448 g/mol. The third-order valence-electron chi connectivity index (χ3n) is 4.28. The van der Waals surface area contributed by atoms with Gasteiger partial charge in [0.1, 0.15) is 6.10 Å². The SMILES string of the molecule is C=CCO[C@@]1(C(=O)OC)O[C@H]([C@@H](CO)OC(C)=O)[C@H](OC(C)=O)[C@H](OC(C)=O)[C@@H]1OC(C)=O. The molecule has 13 nitrogen and oxygen atoms in total. The van der Waals surface area contributed by atoms with Crippen LogP contribution in [0.3, 0.4) is 0 Å². The van der Waals surface area contributed by atoms with Crippen LogP contribution in [0.25, 0.3) is 0 Å². The lowest BCUT2D eigenvalue weighted by Crippen LogP contribution is -2.73. The maximum atomic E-state index is 12.9. The highest BCUT2D eigenvalue weighted by Crippen LogP contribution is 2.39. The second kappa shape index (κ2) is 12.3. The molecule has 0 aromatic rings. The number of hydrogen-bond acceptors (Lipinski definition) is 13. The molecule has 1 aliphatic heterocycles. The first-order valence-corrected chi connectivity index (χ1v) is 9.74. The molecule has 0 aliphatic carbocycles. The molecule has 33 heavy (non-hydrogen) atoms. The van der Waals surface area contributed by atoms with Gasteiger partial charge in [-0.05, 0) is 0 Å². The normalized spacial score (nSPS) is 27.5. The van der Waals surface area contributed by atoms with Crippen molar-refractivity contribution in [2.24, 2.45) is 0 Å². The molecule has 1 saturated heterocycles. The van der Waals surface area contributed by atoms with Gasteiger partial charge in [-0.15, -0.1) is 6.58 Å². The Morgan fingerprint density at radius 3 is 1.94 bits per heavy atom. The van der Waals surface area contributed by atoms with Crippen LogP contribution in [-0.2, 0) is 57.1 Å². The van der Waals surface area contributed by atoms with E-state index in [0.29, 0.717) is 0 Å². The summed E-state index contributed by atoms with van der Waals surface area (Å²) in [5.41, 5.74) is 0. The van der Waals surface area contributed by atoms with Crippen LogP contribution in [0, 0.1) is 0 Å². The molecule has 0 bridgehead atoms. The first-order valence-electron chi connectivity index (χ1n) is 9.74. The van der Waals surface area contributed by atoms with Gasteiger partial charge >= 0.3 is 35.6 Å². The van der Waals surface area contributed by atoms with E-state index in [1.54, 1.807) is 0 Å². The van der Waals surface area contributed by atoms with Crippen LogP contribution in [0.4, 0.5) is 0 Å². The second-order valence-electron chi connectivity index (χ2n) is 6.85. The lowest BCUT2D eigenvalue weighted by atomic mass is 9.89. The summed E-state index contributed by atoms with van der Waals surface area (Å²) >= 11 is 0. The molecule has 0 radical (unpaired) electrons. The second-order valence-corrected chi connectivity index (χ2v) is 6.85. The molecule has 0 aromatic heterocycles. The van der Waals surface area contributed by atoms with E-state index in [4.69, 9.17) is 33.2 Å². The zero-order valence-electron chi connectivity index (χ0n) is 18.9. The Morgan fingerprint density at radius 1 is 0.970 bits per heavy atom. The number of rotatable bonds is 10. The minimum absolute atomic E-state index is 0.345. The molecular formula is C20H28O13. The quantitative estimate of drug-likeness (QED) is 0.236. The van der Waals surface area contributed by atoms with E-state index in [2.05, 4.69) is 6.58 Å². The molecule has 1 N–H and O–H groups in total. The standard InChI is InChI=1S/C20H28O13/c1-7-8-28-20(19(26)27-6)18(32-13(5)25)17(31-12(4)24)16(30-11(3)23)15(33-20)14(9-21)29-10(2)22/h7,14-18,21H,1,8-9H2,2-6H3/t14-,15-,16+,17+,18+,20-/m1/s1. The molecule has 0 saturated carbocycles. The van der Waals surface area contributed by atoms with Crippen molar-refractivity contribution >= 4 is 29.8 Å². The van der Waals surface area contributed by atoms with Crippen LogP contribution < -0.4 is 0 Å². The minimum Gasteiger partial charge on any atom is -0.465 e. The molecule has 186 valence electrons. The lowest BCUT2D eigenvalue weighted by molar-refractivity contribution is -0.359. The topological polar surface area (TPSA) is 170 Å². The molecule has 0 spiro atoms. The fourth-order valence-electron chi connectivity index (χ4n) is 3.25. The Labute approximate surface area is 189 Å². The van der Waals surface area contributed by atoms with Gasteiger partial charge < -0.3 is 38.3 Å². The summed E-state index contributed by atoms with van der Waals surface area (Å²) in [6.07, 6.45) is -7.09. The fourth-order valence-corrected chi connectivity index (χ4v) is 3.25. The highest BCUT2D eigenvalue weighted by Gasteiger charge is 2.67. The number of aliphatic hydroxyl groups excluding tert-OH is 1. The van der Waals surface area contributed by atoms with E-state index in [1.165, 1.54) is 6.08 Å². The summed E-state index contributed by atoms with van der Waals surface area (Å²) in [5, 5.41) is 9.84. The summed E-state index contributed by atoms with van der Waals surface area (Å²) in [4.78, 5) is 60.2. The van der Waals surface area contributed by atoms with Crippen molar-refractivity contribution in [2.75, 3.05) is 20.3 Å². The van der Waals surface area contributed by atoms with E-state index in [0.717, 1.165) is 34.8 Å². The summed E-state index contributed by atoms with van der Waals surface area (Å²) < 4.78 is 36.9. The molecule has 1 heterocycles. The first-order chi connectivity index (χ1) is 15.4. The highest BCUT2D eigenvalue weighted by molar-refractivity contribution is 5.80. The Bertz CT molecular complexity index is 763. The maximum absolute atomic E-state index is 12.9. The van der Waals surface area contributed by atoms with E-state index in [9.17, 15) is 29.1 Å². The number of carbonyl (C=O) groups excluding carboxylic acids is 5. The highest BCUT2D eigenvalue weighted by atomic mass is 16.8. The fraction of sp³-hybridized carbons (Fsp3) is 0.650. The number of carbonyl (C=O) groups is 5. The summed E-state index contributed by atoms with van der Waals surface area (Å²) in [6, 6.07) is 0. The van der Waals surface area contributed by atoms with Crippen molar-refractivity contribution in [1.82, 2.24) is 0 Å². The molecule has 0 unspecified atom stereocenters. The van der Waals surface area contributed by atoms with Gasteiger partial charge in [-0.25, -0.2) is 4.79 Å². The Morgan fingerprint density at radius 2 is 1.52 bits per heavy atom. The van der Waals surface area contributed by atoms with Crippen LogP contribution in [0.1, 0.15) is 27.7 Å². The predicted molar refractivity (Wildman–Crippen MR) is 105 cm³/mol. The largest absolute Gasteiger partial charge is 0.465 e. The van der Waals surface area contributed by atoms with E-state index in [1.807, 2.05) is 0 Å². The van der Waals surface area contributed by atoms with Crippen LogP contribution in [0.5, 0.6) is 0 Å². The van der Waals surface area contributed by atoms with Crippen LogP contribution in [0.2, 0.25) is 0 Å². The molecule has 1 fully saturated rings. The Hall–Kier alpha value is -3.03. The zero-order valence-corrected chi connectivity index (χ0v) is 18.9. The number of methoxy groups -OCH3 is 1. The van der Waals surface area contributed by atoms with Crippen molar-refractivity contribution in [2.45, 2.75) is 64.0 Å². The van der Waals surface area contributed by atoms with Gasteiger partial charge in [0.25, 0.3) is 0 Å². The third kappa shape index (κ3) is 6.97. The molecule has 0 amide bonds. The third-order valence-corrected chi connectivity index (χ3v) is 4.28. The molecule has 1 rings (SSSR count). The first kappa shape index (κ1) is 28.0. The zero-order chi connectivity index (χ0) is 25.3. The van der Waals surface area contributed by atoms with Crippen LogP contribution in [-0.4, -0.2) is 91.6 Å². The number of esters is 5. The van der Waals surface area contributed by atoms with Crippen LogP contribution >= 0.6 is 0 Å². The summed E-state index contributed by atoms with van der Waals surface area (Å²) in [6.45, 7) is 6.36.